The number of thioether (sulfide) groups is 1. The van der Waals surface area contributed by atoms with Crippen molar-refractivity contribution in [3.63, 3.8) is 0 Å². The maximum atomic E-state index is 12.3. The van der Waals surface area contributed by atoms with Crippen molar-refractivity contribution in [2.24, 2.45) is 15.4 Å². The molecule has 5 aliphatic rings. The summed E-state index contributed by atoms with van der Waals surface area (Å²) in [6, 6.07) is 14.8. The maximum Gasteiger partial charge on any atom is 0.227 e. The zero-order chi connectivity index (χ0) is 27.3. The highest BCUT2D eigenvalue weighted by molar-refractivity contribution is 8.04. The second-order valence-electron chi connectivity index (χ2n) is 11.3. The highest BCUT2D eigenvalue weighted by Gasteiger charge is 2.40. The van der Waals surface area contributed by atoms with Gasteiger partial charge < -0.3 is 14.7 Å². The van der Waals surface area contributed by atoms with Gasteiger partial charge in [0.1, 0.15) is 17.5 Å². The molecule has 1 spiro atoms. The predicted octanol–water partition coefficient (Wildman–Crippen LogP) is 6.43. The molecule has 1 aliphatic carbocycles. The Morgan fingerprint density at radius 1 is 0.975 bits per heavy atom. The number of rotatable bonds is 3. The van der Waals surface area contributed by atoms with Gasteiger partial charge in [-0.25, -0.2) is 9.98 Å². The van der Waals surface area contributed by atoms with Gasteiger partial charge in [0, 0.05) is 44.2 Å². The van der Waals surface area contributed by atoms with Crippen molar-refractivity contribution < 1.29 is 4.79 Å². The van der Waals surface area contributed by atoms with Crippen LogP contribution in [0.1, 0.15) is 36.8 Å². The number of amidine groups is 2. The number of likely N-dealkylation sites (N-methyl/N-ethyl adjacent to an activating group) is 1. The van der Waals surface area contributed by atoms with Crippen LogP contribution in [0.2, 0.25) is 5.02 Å². The molecule has 40 heavy (non-hydrogen) atoms. The van der Waals surface area contributed by atoms with Crippen molar-refractivity contribution in [2.75, 3.05) is 31.6 Å². The number of piperidine rings is 1. The lowest BCUT2D eigenvalue weighted by Gasteiger charge is -2.40. The fourth-order valence-electron chi connectivity index (χ4n) is 6.60. The number of nitrogens with zero attached hydrogens (tertiary/aromatic N) is 5. The third-order valence-electron chi connectivity index (χ3n) is 8.84. The summed E-state index contributed by atoms with van der Waals surface area (Å²) in [5.41, 5.74) is 4.25. The van der Waals surface area contributed by atoms with E-state index in [2.05, 4.69) is 41.3 Å². The Balaban J connectivity index is 1.09. The van der Waals surface area contributed by atoms with Crippen LogP contribution in [-0.2, 0) is 17.6 Å². The molecule has 6 nitrogen and oxygen atoms in total. The first-order chi connectivity index (χ1) is 19.5. The lowest BCUT2D eigenvalue weighted by molar-refractivity contribution is -0.117. The topological polar surface area (TPSA) is 51.5 Å². The van der Waals surface area contributed by atoms with Gasteiger partial charge in [0.05, 0.1) is 15.6 Å². The van der Waals surface area contributed by atoms with E-state index in [9.17, 15) is 4.79 Å². The smallest absolute Gasteiger partial charge is 0.227 e. The van der Waals surface area contributed by atoms with Crippen LogP contribution in [0.4, 0.5) is 5.69 Å². The average Bonchev–Trinajstić information content (AvgIpc) is 3.54. The Morgan fingerprint density at radius 3 is 2.48 bits per heavy atom. The summed E-state index contributed by atoms with van der Waals surface area (Å²) in [5, 5.41) is 0.608. The molecule has 0 aromatic heterocycles. The third-order valence-corrected chi connectivity index (χ3v) is 10.4. The van der Waals surface area contributed by atoms with Crippen LogP contribution in [0.15, 0.2) is 92.5 Å². The van der Waals surface area contributed by atoms with Crippen LogP contribution in [0.5, 0.6) is 0 Å². The van der Waals surface area contributed by atoms with Crippen LogP contribution < -0.4 is 4.90 Å². The number of aliphatic imine (C=N–C) groups is 2. The van der Waals surface area contributed by atoms with Gasteiger partial charge in [-0.1, -0.05) is 53.7 Å². The number of benzene rings is 2. The number of likely N-dealkylation sites (tertiary alicyclic amines) is 1. The van der Waals surface area contributed by atoms with E-state index >= 15 is 0 Å². The molecule has 8 heteroatoms. The monoisotopic (exact) mass is 569 g/mol. The number of amides is 1. The van der Waals surface area contributed by atoms with Crippen molar-refractivity contribution in [1.29, 1.82) is 0 Å². The van der Waals surface area contributed by atoms with Crippen molar-refractivity contribution in [2.45, 2.75) is 43.4 Å². The summed E-state index contributed by atoms with van der Waals surface area (Å²) in [6.07, 6.45) is 14.3. The molecule has 7 rings (SSSR count). The molecule has 0 radical (unpaired) electrons. The molecule has 2 aromatic rings. The molecule has 0 atom stereocenters. The van der Waals surface area contributed by atoms with Gasteiger partial charge in [-0.3, -0.25) is 4.79 Å². The molecule has 0 unspecified atom stereocenters. The van der Waals surface area contributed by atoms with Gasteiger partial charge in [0.25, 0.3) is 0 Å². The summed E-state index contributed by atoms with van der Waals surface area (Å²) in [4.78, 5) is 30.4. The number of hydrogen-bond acceptors (Lipinski definition) is 6. The second kappa shape index (κ2) is 10.3. The van der Waals surface area contributed by atoms with E-state index < -0.39 is 0 Å². The Morgan fingerprint density at radius 2 is 1.75 bits per heavy atom. The van der Waals surface area contributed by atoms with Gasteiger partial charge in [-0.15, -0.1) is 0 Å². The van der Waals surface area contributed by atoms with Crippen molar-refractivity contribution in [1.82, 2.24) is 9.80 Å². The quantitative estimate of drug-likeness (QED) is 0.427. The van der Waals surface area contributed by atoms with Gasteiger partial charge in [0.2, 0.25) is 5.91 Å². The first kappa shape index (κ1) is 25.7. The number of halogens is 1. The van der Waals surface area contributed by atoms with E-state index in [1.54, 1.807) is 16.7 Å². The van der Waals surface area contributed by atoms with E-state index in [4.69, 9.17) is 21.6 Å². The van der Waals surface area contributed by atoms with Gasteiger partial charge in [-0.05, 0) is 79.0 Å². The molecule has 2 fully saturated rings. The standard InChI is InChI=1S/C32H32ClN5OS/c1-36-27-12-11-26(40-25-9-4-8-24(30(25)33)38-17-5-10-29(38)39)31(36)34-16-13-28(35-27)37-18-14-32(15-19-37)20-22-6-2-3-7-23(22)21-32/h2-4,6-9,11-13,16H,5,10,14-15,17-21H2,1H3/b16-13+,28-13?,34-16?,34-31-,35-27?,35-28+. The summed E-state index contributed by atoms with van der Waals surface area (Å²) in [5.74, 6) is 2.82. The molecule has 2 aromatic carbocycles. The molecule has 4 aliphatic heterocycles. The Kier molecular flexibility index (Phi) is 6.59. The zero-order valence-corrected chi connectivity index (χ0v) is 24.2. The van der Waals surface area contributed by atoms with Crippen LogP contribution in [-0.4, -0.2) is 54.1 Å². The molecule has 204 valence electrons. The molecule has 2 bridgehead atoms. The molecular weight excluding hydrogens is 538 g/mol. The number of fused-ring (bicyclic) bond motifs is 3. The van der Waals surface area contributed by atoms with Crippen molar-refractivity contribution in [3.05, 3.63) is 93.8 Å². The van der Waals surface area contributed by atoms with Crippen LogP contribution >= 0.6 is 23.4 Å². The molecular formula is C32H32ClN5OS. The maximum absolute atomic E-state index is 12.3. The van der Waals surface area contributed by atoms with Gasteiger partial charge >= 0.3 is 0 Å². The predicted molar refractivity (Wildman–Crippen MR) is 164 cm³/mol. The summed E-state index contributed by atoms with van der Waals surface area (Å²) < 4.78 is 0. The lowest BCUT2D eigenvalue weighted by Crippen LogP contribution is -2.43. The molecule has 0 N–H and O–H groups in total. The van der Waals surface area contributed by atoms with Gasteiger partial charge in [0.15, 0.2) is 0 Å². The fraction of sp³-hybridized carbons (Fsp3) is 0.344. The molecule has 4 heterocycles. The first-order valence-electron chi connectivity index (χ1n) is 14.1. The lowest BCUT2D eigenvalue weighted by atomic mass is 9.76. The molecule has 2 saturated heterocycles. The van der Waals surface area contributed by atoms with Crippen LogP contribution in [0, 0.1) is 5.41 Å². The minimum atomic E-state index is 0.133. The first-order valence-corrected chi connectivity index (χ1v) is 15.3. The summed E-state index contributed by atoms with van der Waals surface area (Å²) in [7, 11) is 2.01. The van der Waals surface area contributed by atoms with E-state index in [-0.39, 0.29) is 5.91 Å². The van der Waals surface area contributed by atoms with Gasteiger partial charge in [-0.2, -0.15) is 0 Å². The Hall–Kier alpha value is -3.29. The fourth-order valence-corrected chi connectivity index (χ4v) is 7.94. The second-order valence-corrected chi connectivity index (χ2v) is 12.8. The number of hydrogen-bond donors (Lipinski definition) is 0. The number of carbonyl (C=O) groups excluding carboxylic acids is 1. The number of anilines is 1. The highest BCUT2D eigenvalue weighted by Crippen LogP contribution is 2.45. The summed E-state index contributed by atoms with van der Waals surface area (Å²) >= 11 is 8.40. The van der Waals surface area contributed by atoms with E-state index in [0.29, 0.717) is 23.4 Å². The zero-order valence-electron chi connectivity index (χ0n) is 22.6. The normalized spacial score (nSPS) is 24.9. The third kappa shape index (κ3) is 4.59. The highest BCUT2D eigenvalue weighted by atomic mass is 35.5. The minimum Gasteiger partial charge on any atom is -0.356 e. The minimum absolute atomic E-state index is 0.133. The largest absolute Gasteiger partial charge is 0.356 e. The Bertz CT molecular complexity index is 1500. The summed E-state index contributed by atoms with van der Waals surface area (Å²) in [6.45, 7) is 2.74. The molecule has 0 saturated carbocycles. The Labute approximate surface area is 244 Å². The average molecular weight is 570 g/mol. The number of allylic oxidation sites excluding steroid dienone is 2. The van der Waals surface area contributed by atoms with Crippen molar-refractivity contribution >= 4 is 46.6 Å². The van der Waals surface area contributed by atoms with E-state index in [1.165, 1.54) is 36.8 Å². The molecule has 1 amide bonds. The van der Waals surface area contributed by atoms with E-state index in [0.717, 1.165) is 52.5 Å². The number of carbonyl (C=O) groups is 1. The SMILES string of the molecule is CN1C2=CC=C(Sc3cccc(N4CCCC4=O)c3Cl)/C1=N/C=C/C(N1CCC3(CC1)Cc1ccccc1C3)=N\2. The van der Waals surface area contributed by atoms with Crippen LogP contribution in [0.25, 0.3) is 0 Å². The van der Waals surface area contributed by atoms with Crippen molar-refractivity contribution in [3.8, 4) is 0 Å². The van der Waals surface area contributed by atoms with Crippen LogP contribution in [0.3, 0.4) is 0 Å². The van der Waals surface area contributed by atoms with E-state index in [1.807, 2.05) is 42.4 Å².